The number of nitrogen functional groups attached to an aromatic ring is 1. The van der Waals surface area contributed by atoms with Gasteiger partial charge in [0.25, 0.3) is 0 Å². The van der Waals surface area contributed by atoms with Crippen molar-refractivity contribution in [2.75, 3.05) is 39.2 Å². The van der Waals surface area contributed by atoms with Crippen LogP contribution in [0.15, 0.2) is 18.2 Å². The van der Waals surface area contributed by atoms with Crippen molar-refractivity contribution in [2.45, 2.75) is 0 Å². The second-order valence-corrected chi connectivity index (χ2v) is 3.16. The van der Waals surface area contributed by atoms with Crippen LogP contribution in [0.1, 0.15) is 0 Å². The molecule has 0 radical (unpaired) electrons. The number of hydrogen-bond acceptors (Lipinski definition) is 5. The molecule has 4 N–H and O–H groups in total. The molecule has 0 unspecified atom stereocenters. The van der Waals surface area contributed by atoms with Gasteiger partial charge in [-0.25, -0.2) is 0 Å². The first-order valence-corrected chi connectivity index (χ1v) is 5.12. The first-order valence-electron chi connectivity index (χ1n) is 5.12. The highest BCUT2D eigenvalue weighted by Gasteiger charge is 2.03. The number of anilines is 1. The number of nitrogens with two attached hydrogens (primary N) is 2. The molecule has 0 aliphatic rings. The summed E-state index contributed by atoms with van der Waals surface area (Å²) >= 11 is 0. The molecule has 0 heterocycles. The third-order valence-electron chi connectivity index (χ3n) is 1.94. The molecule has 5 nitrogen and oxygen atoms in total. The summed E-state index contributed by atoms with van der Waals surface area (Å²) in [5, 5.41) is 0. The quantitative estimate of drug-likeness (QED) is 0.526. The minimum absolute atomic E-state index is 0.459. The summed E-state index contributed by atoms with van der Waals surface area (Å²) in [6, 6.07) is 5.26. The number of rotatable bonds is 7. The molecular weight excluding hydrogens is 208 g/mol. The van der Waals surface area contributed by atoms with Crippen molar-refractivity contribution in [1.82, 2.24) is 0 Å². The maximum absolute atomic E-state index is 5.62. The zero-order valence-electron chi connectivity index (χ0n) is 9.44. The highest BCUT2D eigenvalue weighted by atomic mass is 16.5. The van der Waals surface area contributed by atoms with Crippen LogP contribution in [0, 0.1) is 0 Å². The van der Waals surface area contributed by atoms with Crippen molar-refractivity contribution < 1.29 is 14.2 Å². The van der Waals surface area contributed by atoms with Crippen molar-refractivity contribution in [1.29, 1.82) is 0 Å². The van der Waals surface area contributed by atoms with Gasteiger partial charge in [-0.05, 0) is 12.1 Å². The molecule has 0 amide bonds. The van der Waals surface area contributed by atoms with Gasteiger partial charge >= 0.3 is 0 Å². The van der Waals surface area contributed by atoms with Gasteiger partial charge in [-0.15, -0.1) is 0 Å². The molecule has 0 bridgehead atoms. The van der Waals surface area contributed by atoms with Crippen LogP contribution in [0.25, 0.3) is 0 Å². The van der Waals surface area contributed by atoms with E-state index in [0.29, 0.717) is 43.6 Å². The molecule has 0 aromatic heterocycles. The Morgan fingerprint density at radius 2 is 1.94 bits per heavy atom. The maximum Gasteiger partial charge on any atom is 0.162 e. The van der Waals surface area contributed by atoms with E-state index in [1.807, 2.05) is 0 Å². The first-order chi connectivity index (χ1) is 7.77. The molecule has 0 fully saturated rings. The summed E-state index contributed by atoms with van der Waals surface area (Å²) in [7, 11) is 1.58. The Labute approximate surface area is 95.3 Å². The molecule has 0 spiro atoms. The summed E-state index contributed by atoms with van der Waals surface area (Å²) in [4.78, 5) is 0. The molecule has 1 aromatic rings. The second kappa shape index (κ2) is 6.92. The van der Waals surface area contributed by atoms with E-state index < -0.39 is 0 Å². The third-order valence-corrected chi connectivity index (χ3v) is 1.94. The summed E-state index contributed by atoms with van der Waals surface area (Å²) in [5.74, 6) is 1.28. The lowest BCUT2D eigenvalue weighted by Crippen LogP contribution is -2.13. The van der Waals surface area contributed by atoms with Crippen molar-refractivity contribution >= 4 is 5.69 Å². The van der Waals surface area contributed by atoms with Gasteiger partial charge in [0.05, 0.1) is 20.3 Å². The van der Waals surface area contributed by atoms with Gasteiger partial charge in [0.1, 0.15) is 6.61 Å². The molecule has 5 heteroatoms. The Hall–Kier alpha value is -1.46. The van der Waals surface area contributed by atoms with Crippen molar-refractivity contribution in [2.24, 2.45) is 5.73 Å². The van der Waals surface area contributed by atoms with Gasteiger partial charge in [0.2, 0.25) is 0 Å². The van der Waals surface area contributed by atoms with E-state index in [0.717, 1.165) is 0 Å². The number of benzene rings is 1. The van der Waals surface area contributed by atoms with Crippen LogP contribution in [0.4, 0.5) is 5.69 Å². The van der Waals surface area contributed by atoms with Gasteiger partial charge in [-0.2, -0.15) is 0 Å². The minimum Gasteiger partial charge on any atom is -0.493 e. The lowest BCUT2D eigenvalue weighted by Gasteiger charge is -2.11. The molecule has 0 saturated heterocycles. The minimum atomic E-state index is 0.459. The van der Waals surface area contributed by atoms with Gasteiger partial charge < -0.3 is 25.7 Å². The average Bonchev–Trinajstić information content (AvgIpc) is 2.30. The Morgan fingerprint density at radius 3 is 2.62 bits per heavy atom. The van der Waals surface area contributed by atoms with Crippen LogP contribution < -0.4 is 20.9 Å². The van der Waals surface area contributed by atoms with E-state index in [2.05, 4.69) is 0 Å². The second-order valence-electron chi connectivity index (χ2n) is 3.16. The number of ether oxygens (including phenoxy) is 3. The maximum atomic E-state index is 5.62. The largest absolute Gasteiger partial charge is 0.493 e. The number of hydrogen-bond donors (Lipinski definition) is 2. The first kappa shape index (κ1) is 12.6. The monoisotopic (exact) mass is 226 g/mol. The molecule has 0 saturated carbocycles. The van der Waals surface area contributed by atoms with Crippen LogP contribution in [0.5, 0.6) is 11.5 Å². The predicted octanol–water partition coefficient (Wildman–Crippen LogP) is 0.632. The van der Waals surface area contributed by atoms with Crippen molar-refractivity contribution in [3.05, 3.63) is 18.2 Å². The van der Waals surface area contributed by atoms with Crippen LogP contribution in [-0.2, 0) is 4.74 Å². The van der Waals surface area contributed by atoms with E-state index in [4.69, 9.17) is 25.7 Å². The van der Waals surface area contributed by atoms with E-state index >= 15 is 0 Å². The third kappa shape index (κ3) is 3.96. The molecule has 1 aromatic carbocycles. The summed E-state index contributed by atoms with van der Waals surface area (Å²) in [6.45, 7) is 2.03. The van der Waals surface area contributed by atoms with Crippen LogP contribution in [-0.4, -0.2) is 33.5 Å². The topological polar surface area (TPSA) is 79.7 Å². The van der Waals surface area contributed by atoms with Crippen LogP contribution >= 0.6 is 0 Å². The predicted molar refractivity (Wildman–Crippen MR) is 62.8 cm³/mol. The molecule has 1 rings (SSSR count). The van der Waals surface area contributed by atoms with E-state index in [9.17, 15) is 0 Å². The van der Waals surface area contributed by atoms with E-state index in [1.165, 1.54) is 0 Å². The highest BCUT2D eigenvalue weighted by molar-refractivity contribution is 5.51. The highest BCUT2D eigenvalue weighted by Crippen LogP contribution is 2.28. The van der Waals surface area contributed by atoms with Crippen LogP contribution in [0.2, 0.25) is 0 Å². The van der Waals surface area contributed by atoms with Gasteiger partial charge in [-0.3, -0.25) is 0 Å². The molecule has 0 aliphatic carbocycles. The smallest absolute Gasteiger partial charge is 0.162 e. The van der Waals surface area contributed by atoms with Crippen molar-refractivity contribution in [3.8, 4) is 11.5 Å². The average molecular weight is 226 g/mol. The lowest BCUT2D eigenvalue weighted by molar-refractivity contribution is 0.105. The zero-order chi connectivity index (χ0) is 11.8. The van der Waals surface area contributed by atoms with E-state index in [1.54, 1.807) is 25.3 Å². The van der Waals surface area contributed by atoms with Crippen molar-refractivity contribution in [3.63, 3.8) is 0 Å². The number of methoxy groups -OCH3 is 1. The summed E-state index contributed by atoms with van der Waals surface area (Å²) in [5.41, 5.74) is 11.5. The normalized spacial score (nSPS) is 10.1. The van der Waals surface area contributed by atoms with Crippen LogP contribution in [0.3, 0.4) is 0 Å². The summed E-state index contributed by atoms with van der Waals surface area (Å²) < 4.78 is 15.8. The summed E-state index contributed by atoms with van der Waals surface area (Å²) in [6.07, 6.45) is 0. The lowest BCUT2D eigenvalue weighted by atomic mass is 10.3. The molecule has 0 aliphatic heterocycles. The fraction of sp³-hybridized carbons (Fsp3) is 0.455. The van der Waals surface area contributed by atoms with Gasteiger partial charge in [0.15, 0.2) is 11.5 Å². The molecule has 0 atom stereocenters. The SMILES string of the molecule is COc1cc(N)ccc1OCCOCCN. The molecule has 90 valence electrons. The fourth-order valence-electron chi connectivity index (χ4n) is 1.20. The Kier molecular flexibility index (Phi) is 5.45. The standard InChI is InChI=1S/C11H18N2O3/c1-14-11-8-9(13)2-3-10(11)16-7-6-15-5-4-12/h2-3,8H,4-7,12-13H2,1H3. The Morgan fingerprint density at radius 1 is 1.12 bits per heavy atom. The Balaban J connectivity index is 2.41. The fourth-order valence-corrected chi connectivity index (χ4v) is 1.20. The molecule has 16 heavy (non-hydrogen) atoms. The Bertz CT molecular complexity index is 318. The van der Waals surface area contributed by atoms with Gasteiger partial charge in [0, 0.05) is 18.3 Å². The zero-order valence-corrected chi connectivity index (χ0v) is 9.44. The van der Waals surface area contributed by atoms with Gasteiger partial charge in [-0.1, -0.05) is 0 Å². The van der Waals surface area contributed by atoms with E-state index in [-0.39, 0.29) is 0 Å². The molecular formula is C11H18N2O3.